The highest BCUT2D eigenvalue weighted by Gasteiger charge is 2.29. The molecule has 96 valence electrons. The SMILES string of the molecule is O=C(O)C1CCN(c2ccc([N+](=O)[O-])cc2Cl)C1. The summed E-state index contributed by atoms with van der Waals surface area (Å²) in [6.07, 6.45) is 0.558. The average molecular weight is 271 g/mol. The van der Waals surface area contributed by atoms with Crippen LogP contribution in [0.3, 0.4) is 0 Å². The van der Waals surface area contributed by atoms with Crippen LogP contribution in [0.2, 0.25) is 5.02 Å². The van der Waals surface area contributed by atoms with Gasteiger partial charge >= 0.3 is 5.97 Å². The molecule has 1 aromatic rings. The largest absolute Gasteiger partial charge is 0.481 e. The fourth-order valence-corrected chi connectivity index (χ4v) is 2.34. The summed E-state index contributed by atoms with van der Waals surface area (Å²) in [4.78, 5) is 22.8. The molecule has 0 aliphatic carbocycles. The number of nitro benzene ring substituents is 1. The van der Waals surface area contributed by atoms with Gasteiger partial charge in [0.15, 0.2) is 0 Å². The van der Waals surface area contributed by atoms with E-state index in [1.807, 2.05) is 4.90 Å². The van der Waals surface area contributed by atoms with Gasteiger partial charge in [-0.05, 0) is 12.5 Å². The summed E-state index contributed by atoms with van der Waals surface area (Å²) in [5, 5.41) is 19.8. The molecule has 18 heavy (non-hydrogen) atoms. The number of carboxylic acid groups (broad SMARTS) is 1. The number of benzene rings is 1. The van der Waals surface area contributed by atoms with Gasteiger partial charge in [0.2, 0.25) is 0 Å². The number of anilines is 1. The van der Waals surface area contributed by atoms with Crippen molar-refractivity contribution in [1.29, 1.82) is 0 Å². The van der Waals surface area contributed by atoms with Crippen molar-refractivity contribution in [1.82, 2.24) is 0 Å². The number of hydrogen-bond acceptors (Lipinski definition) is 4. The van der Waals surface area contributed by atoms with E-state index in [1.54, 1.807) is 6.07 Å². The molecule has 0 spiro atoms. The minimum atomic E-state index is -0.824. The number of rotatable bonds is 3. The number of halogens is 1. The Labute approximate surface area is 108 Å². The van der Waals surface area contributed by atoms with Gasteiger partial charge < -0.3 is 10.0 Å². The minimum Gasteiger partial charge on any atom is -0.481 e. The van der Waals surface area contributed by atoms with Gasteiger partial charge in [-0.15, -0.1) is 0 Å². The minimum absolute atomic E-state index is 0.0715. The molecule has 0 aromatic heterocycles. The lowest BCUT2D eigenvalue weighted by molar-refractivity contribution is -0.384. The zero-order valence-electron chi connectivity index (χ0n) is 9.38. The maximum atomic E-state index is 10.9. The first-order valence-corrected chi connectivity index (χ1v) is 5.78. The summed E-state index contributed by atoms with van der Waals surface area (Å²) in [5.41, 5.74) is 0.573. The van der Waals surface area contributed by atoms with Crippen LogP contribution in [0.4, 0.5) is 11.4 Å². The van der Waals surface area contributed by atoms with Gasteiger partial charge in [0.25, 0.3) is 5.69 Å². The predicted molar refractivity (Wildman–Crippen MR) is 66.1 cm³/mol. The first-order valence-electron chi connectivity index (χ1n) is 5.40. The molecule has 1 aromatic carbocycles. The lowest BCUT2D eigenvalue weighted by Crippen LogP contribution is -2.22. The maximum absolute atomic E-state index is 10.9. The summed E-state index contributed by atoms with van der Waals surface area (Å²) < 4.78 is 0. The van der Waals surface area contributed by atoms with E-state index in [0.717, 1.165) is 0 Å². The molecule has 6 nitrogen and oxygen atoms in total. The number of nitrogens with zero attached hydrogens (tertiary/aromatic N) is 2. The van der Waals surface area contributed by atoms with E-state index in [1.165, 1.54) is 12.1 Å². The summed E-state index contributed by atoms with van der Waals surface area (Å²) in [5.74, 6) is -1.23. The Hall–Kier alpha value is -1.82. The smallest absolute Gasteiger partial charge is 0.308 e. The molecule has 1 fully saturated rings. The molecule has 0 saturated carbocycles. The molecule has 1 saturated heterocycles. The number of non-ortho nitro benzene ring substituents is 1. The van der Waals surface area contributed by atoms with E-state index in [9.17, 15) is 14.9 Å². The van der Waals surface area contributed by atoms with Crippen molar-refractivity contribution < 1.29 is 14.8 Å². The number of aliphatic carboxylic acids is 1. The number of carboxylic acids is 1. The summed E-state index contributed by atoms with van der Waals surface area (Å²) in [6.45, 7) is 0.974. The van der Waals surface area contributed by atoms with Crippen molar-refractivity contribution in [2.45, 2.75) is 6.42 Å². The van der Waals surface area contributed by atoms with Crippen LogP contribution in [-0.2, 0) is 4.79 Å². The van der Waals surface area contributed by atoms with Gasteiger partial charge in [0.1, 0.15) is 0 Å². The van der Waals surface area contributed by atoms with Gasteiger partial charge in [-0.2, -0.15) is 0 Å². The topological polar surface area (TPSA) is 83.7 Å². The number of nitro groups is 1. The lowest BCUT2D eigenvalue weighted by atomic mass is 10.1. The van der Waals surface area contributed by atoms with Crippen molar-refractivity contribution in [3.8, 4) is 0 Å². The Balaban J connectivity index is 2.20. The van der Waals surface area contributed by atoms with Gasteiger partial charge in [0.05, 0.1) is 21.6 Å². The third-order valence-electron chi connectivity index (χ3n) is 3.02. The summed E-state index contributed by atoms with van der Waals surface area (Å²) in [6, 6.07) is 4.21. The molecule has 0 radical (unpaired) electrons. The predicted octanol–water partition coefficient (Wildman–Crippen LogP) is 2.16. The highest BCUT2D eigenvalue weighted by Crippen LogP contribution is 2.33. The molecule has 0 bridgehead atoms. The normalized spacial score (nSPS) is 18.9. The van der Waals surface area contributed by atoms with Crippen LogP contribution in [-0.4, -0.2) is 29.1 Å². The van der Waals surface area contributed by atoms with Crippen LogP contribution < -0.4 is 4.90 Å². The summed E-state index contributed by atoms with van der Waals surface area (Å²) >= 11 is 5.99. The van der Waals surface area contributed by atoms with Gasteiger partial charge in [-0.1, -0.05) is 11.6 Å². The molecule has 2 rings (SSSR count). The second kappa shape index (κ2) is 4.81. The van der Waals surface area contributed by atoms with E-state index < -0.39 is 16.8 Å². The molecule has 1 heterocycles. The van der Waals surface area contributed by atoms with Crippen molar-refractivity contribution in [2.75, 3.05) is 18.0 Å². The second-order valence-electron chi connectivity index (χ2n) is 4.16. The van der Waals surface area contributed by atoms with Crippen LogP contribution in [0, 0.1) is 16.0 Å². The van der Waals surface area contributed by atoms with Crippen molar-refractivity contribution in [3.63, 3.8) is 0 Å². The fourth-order valence-electron chi connectivity index (χ4n) is 2.05. The maximum Gasteiger partial charge on any atom is 0.308 e. The monoisotopic (exact) mass is 270 g/mol. The Morgan fingerprint density at radius 2 is 2.28 bits per heavy atom. The Morgan fingerprint density at radius 3 is 2.78 bits per heavy atom. The molecule has 0 amide bonds. The van der Waals surface area contributed by atoms with E-state index in [-0.39, 0.29) is 10.7 Å². The first-order chi connectivity index (χ1) is 8.49. The zero-order chi connectivity index (χ0) is 13.3. The van der Waals surface area contributed by atoms with Gasteiger partial charge in [-0.3, -0.25) is 14.9 Å². The Bertz CT molecular complexity index is 506. The highest BCUT2D eigenvalue weighted by atomic mass is 35.5. The zero-order valence-corrected chi connectivity index (χ0v) is 10.1. The number of carbonyl (C=O) groups is 1. The molecular weight excluding hydrogens is 260 g/mol. The van der Waals surface area contributed by atoms with E-state index in [2.05, 4.69) is 0 Å². The van der Waals surface area contributed by atoms with Crippen LogP contribution in [0.15, 0.2) is 18.2 Å². The Morgan fingerprint density at radius 1 is 1.56 bits per heavy atom. The first kappa shape index (κ1) is 12.6. The third kappa shape index (κ3) is 2.38. The van der Waals surface area contributed by atoms with Crippen LogP contribution >= 0.6 is 11.6 Å². The third-order valence-corrected chi connectivity index (χ3v) is 3.32. The fraction of sp³-hybridized carbons (Fsp3) is 0.364. The van der Waals surface area contributed by atoms with Crippen LogP contribution in [0.1, 0.15) is 6.42 Å². The average Bonchev–Trinajstić information content (AvgIpc) is 2.78. The summed E-state index contributed by atoms with van der Waals surface area (Å²) in [7, 11) is 0. The second-order valence-corrected chi connectivity index (χ2v) is 4.57. The Kier molecular flexibility index (Phi) is 3.38. The van der Waals surface area contributed by atoms with Crippen LogP contribution in [0.25, 0.3) is 0 Å². The molecule has 7 heteroatoms. The highest BCUT2D eigenvalue weighted by molar-refractivity contribution is 6.33. The molecular formula is C11H11ClN2O4. The van der Waals surface area contributed by atoms with Crippen molar-refractivity contribution in [2.24, 2.45) is 5.92 Å². The van der Waals surface area contributed by atoms with E-state index >= 15 is 0 Å². The van der Waals surface area contributed by atoms with E-state index in [0.29, 0.717) is 25.2 Å². The van der Waals surface area contributed by atoms with Crippen molar-refractivity contribution >= 4 is 28.9 Å². The quantitative estimate of drug-likeness (QED) is 0.672. The number of hydrogen-bond donors (Lipinski definition) is 1. The van der Waals surface area contributed by atoms with Crippen molar-refractivity contribution in [3.05, 3.63) is 33.3 Å². The van der Waals surface area contributed by atoms with Crippen LogP contribution in [0.5, 0.6) is 0 Å². The standard InChI is InChI=1S/C11H11ClN2O4/c12-9-5-8(14(17)18)1-2-10(9)13-4-3-7(6-13)11(15)16/h1-2,5,7H,3-4,6H2,(H,15,16). The van der Waals surface area contributed by atoms with E-state index in [4.69, 9.17) is 16.7 Å². The molecule has 1 unspecified atom stereocenters. The molecule has 1 aliphatic rings. The molecule has 1 N–H and O–H groups in total. The van der Waals surface area contributed by atoms with Gasteiger partial charge in [0, 0.05) is 25.2 Å². The molecule has 1 aliphatic heterocycles. The van der Waals surface area contributed by atoms with Gasteiger partial charge in [-0.25, -0.2) is 0 Å². The lowest BCUT2D eigenvalue weighted by Gasteiger charge is -2.19. The molecule has 1 atom stereocenters.